The molecule has 0 aliphatic carbocycles. The summed E-state index contributed by atoms with van der Waals surface area (Å²) in [6.45, 7) is 4.72. The SMILES string of the molecule is CNC(C)c1ccc(C)cc1OCCCC(=O)N(C)C. The Morgan fingerprint density at radius 2 is 2.10 bits per heavy atom. The minimum atomic E-state index is 0.140. The Hall–Kier alpha value is -1.55. The van der Waals surface area contributed by atoms with Crippen LogP contribution in [0.25, 0.3) is 0 Å². The van der Waals surface area contributed by atoms with Crippen molar-refractivity contribution in [3.05, 3.63) is 29.3 Å². The molecule has 4 heteroatoms. The van der Waals surface area contributed by atoms with Crippen LogP contribution in [0.4, 0.5) is 0 Å². The molecule has 0 aromatic heterocycles. The van der Waals surface area contributed by atoms with E-state index >= 15 is 0 Å². The molecule has 1 aromatic carbocycles. The summed E-state index contributed by atoms with van der Waals surface area (Å²) in [4.78, 5) is 13.1. The molecule has 0 bridgehead atoms. The number of carbonyl (C=O) groups is 1. The quantitative estimate of drug-likeness (QED) is 0.779. The van der Waals surface area contributed by atoms with Crippen molar-refractivity contribution in [3.63, 3.8) is 0 Å². The summed E-state index contributed by atoms with van der Waals surface area (Å²) in [6.07, 6.45) is 1.26. The van der Waals surface area contributed by atoms with Crippen molar-refractivity contribution in [2.75, 3.05) is 27.7 Å². The molecular weight excluding hydrogens is 252 g/mol. The van der Waals surface area contributed by atoms with Crippen LogP contribution in [0.2, 0.25) is 0 Å². The number of ether oxygens (including phenoxy) is 1. The fraction of sp³-hybridized carbons (Fsp3) is 0.562. The van der Waals surface area contributed by atoms with Gasteiger partial charge in [0.15, 0.2) is 0 Å². The highest BCUT2D eigenvalue weighted by Gasteiger charge is 2.10. The second-order valence-electron chi connectivity index (χ2n) is 5.29. The zero-order valence-corrected chi connectivity index (χ0v) is 13.2. The number of benzene rings is 1. The van der Waals surface area contributed by atoms with Gasteiger partial charge in [0.2, 0.25) is 5.91 Å². The minimum Gasteiger partial charge on any atom is -0.493 e. The van der Waals surface area contributed by atoms with E-state index < -0.39 is 0 Å². The highest BCUT2D eigenvalue weighted by atomic mass is 16.5. The summed E-state index contributed by atoms with van der Waals surface area (Å²) in [5.74, 6) is 1.05. The third-order valence-corrected chi connectivity index (χ3v) is 3.36. The molecule has 1 N–H and O–H groups in total. The van der Waals surface area contributed by atoms with Gasteiger partial charge in [-0.2, -0.15) is 0 Å². The molecule has 0 saturated heterocycles. The predicted molar refractivity (Wildman–Crippen MR) is 82.1 cm³/mol. The lowest BCUT2D eigenvalue weighted by Crippen LogP contribution is -2.21. The Morgan fingerprint density at radius 3 is 2.70 bits per heavy atom. The average Bonchev–Trinajstić information content (AvgIpc) is 2.42. The molecule has 0 fully saturated rings. The Bertz CT molecular complexity index is 444. The number of rotatable bonds is 7. The van der Waals surface area contributed by atoms with Gasteiger partial charge in [0, 0.05) is 32.1 Å². The van der Waals surface area contributed by atoms with E-state index in [-0.39, 0.29) is 11.9 Å². The molecule has 0 aliphatic heterocycles. The third kappa shape index (κ3) is 4.85. The molecule has 1 rings (SSSR count). The molecule has 1 amide bonds. The average molecular weight is 278 g/mol. The number of carbonyl (C=O) groups excluding carboxylic acids is 1. The molecule has 112 valence electrons. The van der Waals surface area contributed by atoms with Crippen molar-refractivity contribution in [1.82, 2.24) is 10.2 Å². The van der Waals surface area contributed by atoms with Crippen molar-refractivity contribution >= 4 is 5.91 Å². The van der Waals surface area contributed by atoms with E-state index in [9.17, 15) is 4.79 Å². The first-order chi connectivity index (χ1) is 9.45. The fourth-order valence-electron chi connectivity index (χ4n) is 1.91. The van der Waals surface area contributed by atoms with Crippen LogP contribution in [0.3, 0.4) is 0 Å². The number of nitrogens with one attached hydrogen (secondary N) is 1. The van der Waals surface area contributed by atoms with Gasteiger partial charge in [-0.05, 0) is 38.9 Å². The maximum Gasteiger partial charge on any atom is 0.222 e. The fourth-order valence-corrected chi connectivity index (χ4v) is 1.91. The Labute approximate surface area is 122 Å². The molecule has 1 aromatic rings. The van der Waals surface area contributed by atoms with Gasteiger partial charge in [-0.25, -0.2) is 0 Å². The summed E-state index contributed by atoms with van der Waals surface area (Å²) >= 11 is 0. The highest BCUT2D eigenvalue weighted by Crippen LogP contribution is 2.26. The maximum atomic E-state index is 11.5. The Balaban J connectivity index is 2.58. The van der Waals surface area contributed by atoms with E-state index in [1.54, 1.807) is 19.0 Å². The molecule has 1 unspecified atom stereocenters. The van der Waals surface area contributed by atoms with E-state index in [4.69, 9.17) is 4.74 Å². The van der Waals surface area contributed by atoms with E-state index in [2.05, 4.69) is 37.4 Å². The normalized spacial score (nSPS) is 12.1. The van der Waals surface area contributed by atoms with Crippen LogP contribution < -0.4 is 10.1 Å². The number of aryl methyl sites for hydroxylation is 1. The second kappa shape index (κ2) is 7.90. The van der Waals surface area contributed by atoms with Gasteiger partial charge < -0.3 is 15.0 Å². The summed E-state index contributed by atoms with van der Waals surface area (Å²) in [7, 11) is 5.48. The van der Waals surface area contributed by atoms with E-state index in [1.807, 2.05) is 7.05 Å². The summed E-state index contributed by atoms with van der Waals surface area (Å²) < 4.78 is 5.86. The number of hydrogen-bond donors (Lipinski definition) is 1. The second-order valence-corrected chi connectivity index (χ2v) is 5.29. The lowest BCUT2D eigenvalue weighted by Gasteiger charge is -2.17. The molecule has 0 saturated carbocycles. The van der Waals surface area contributed by atoms with E-state index in [0.29, 0.717) is 13.0 Å². The van der Waals surface area contributed by atoms with E-state index in [0.717, 1.165) is 17.7 Å². The van der Waals surface area contributed by atoms with Crippen molar-refractivity contribution in [3.8, 4) is 5.75 Å². The van der Waals surface area contributed by atoms with Crippen molar-refractivity contribution in [2.45, 2.75) is 32.7 Å². The molecule has 0 radical (unpaired) electrons. The summed E-state index contributed by atoms with van der Waals surface area (Å²) in [5, 5.41) is 3.22. The van der Waals surface area contributed by atoms with Crippen molar-refractivity contribution in [2.24, 2.45) is 0 Å². The first-order valence-corrected chi connectivity index (χ1v) is 7.06. The first kappa shape index (κ1) is 16.5. The van der Waals surface area contributed by atoms with Crippen molar-refractivity contribution in [1.29, 1.82) is 0 Å². The predicted octanol–water partition coefficient (Wildman–Crippen LogP) is 2.52. The number of amides is 1. The summed E-state index contributed by atoms with van der Waals surface area (Å²) in [5.41, 5.74) is 2.33. The Morgan fingerprint density at radius 1 is 1.40 bits per heavy atom. The smallest absolute Gasteiger partial charge is 0.222 e. The van der Waals surface area contributed by atoms with Crippen LogP contribution in [-0.4, -0.2) is 38.6 Å². The first-order valence-electron chi connectivity index (χ1n) is 7.06. The van der Waals surface area contributed by atoms with Gasteiger partial charge in [0.05, 0.1) is 6.61 Å². The van der Waals surface area contributed by atoms with E-state index in [1.165, 1.54) is 5.56 Å². The molecule has 1 atom stereocenters. The summed E-state index contributed by atoms with van der Waals surface area (Å²) in [6, 6.07) is 6.48. The largest absolute Gasteiger partial charge is 0.493 e. The van der Waals surface area contributed by atoms with Crippen LogP contribution in [0.5, 0.6) is 5.75 Å². The van der Waals surface area contributed by atoms with Crippen LogP contribution in [0.1, 0.15) is 36.9 Å². The standard InChI is InChI=1S/C16H26N2O2/c1-12-8-9-14(13(2)17-3)15(11-12)20-10-6-7-16(19)18(4)5/h8-9,11,13,17H,6-7,10H2,1-5H3. The van der Waals surface area contributed by atoms with Crippen LogP contribution >= 0.6 is 0 Å². The van der Waals surface area contributed by atoms with Gasteiger partial charge in [0.1, 0.15) is 5.75 Å². The van der Waals surface area contributed by atoms with Gasteiger partial charge in [0.25, 0.3) is 0 Å². The molecule has 0 spiro atoms. The zero-order chi connectivity index (χ0) is 15.1. The lowest BCUT2D eigenvalue weighted by atomic mass is 10.1. The number of hydrogen-bond acceptors (Lipinski definition) is 3. The number of nitrogens with zero attached hydrogens (tertiary/aromatic N) is 1. The molecule has 0 heterocycles. The monoisotopic (exact) mass is 278 g/mol. The molecule has 0 aliphatic rings. The zero-order valence-electron chi connectivity index (χ0n) is 13.2. The maximum absolute atomic E-state index is 11.5. The van der Waals surface area contributed by atoms with Crippen molar-refractivity contribution < 1.29 is 9.53 Å². The molecule has 20 heavy (non-hydrogen) atoms. The van der Waals surface area contributed by atoms with Gasteiger partial charge >= 0.3 is 0 Å². The molecule has 4 nitrogen and oxygen atoms in total. The van der Waals surface area contributed by atoms with Crippen LogP contribution in [-0.2, 0) is 4.79 Å². The topological polar surface area (TPSA) is 41.6 Å². The van der Waals surface area contributed by atoms with Gasteiger partial charge in [-0.15, -0.1) is 0 Å². The minimum absolute atomic E-state index is 0.140. The highest BCUT2D eigenvalue weighted by molar-refractivity contribution is 5.75. The van der Waals surface area contributed by atoms with Crippen LogP contribution in [0, 0.1) is 6.92 Å². The van der Waals surface area contributed by atoms with Gasteiger partial charge in [-0.1, -0.05) is 12.1 Å². The third-order valence-electron chi connectivity index (χ3n) is 3.36. The van der Waals surface area contributed by atoms with Gasteiger partial charge in [-0.3, -0.25) is 4.79 Å². The lowest BCUT2D eigenvalue weighted by molar-refractivity contribution is -0.128. The molecular formula is C16H26N2O2. The Kier molecular flexibility index (Phi) is 6.52. The van der Waals surface area contributed by atoms with Crippen LogP contribution in [0.15, 0.2) is 18.2 Å².